The molecule has 0 atom stereocenters. The fraction of sp³-hybridized carbons (Fsp3) is 0.429. The number of rotatable bonds is 5. The van der Waals surface area contributed by atoms with E-state index < -0.39 is 11.4 Å². The average molecular weight is 316 g/mol. The van der Waals surface area contributed by atoms with Crippen LogP contribution in [0.3, 0.4) is 0 Å². The standard InChI is InChI=1S/C14H18O4.Zn/c1-4-18-12(15)11-7-5-10(6-8-11)9-14(2,3)13(16)17;/h5-8H,4,9H2,1-3H3,(H,16,17);. The van der Waals surface area contributed by atoms with Gasteiger partial charge in [0.1, 0.15) is 0 Å². The summed E-state index contributed by atoms with van der Waals surface area (Å²) in [5.74, 6) is -1.20. The molecule has 0 saturated heterocycles. The molecule has 0 heterocycles. The summed E-state index contributed by atoms with van der Waals surface area (Å²) < 4.78 is 4.87. The molecule has 1 aromatic carbocycles. The predicted octanol–water partition coefficient (Wildman–Crippen LogP) is 2.51. The Hall–Kier alpha value is -1.22. The van der Waals surface area contributed by atoms with Crippen LogP contribution in [0.25, 0.3) is 0 Å². The first-order valence-electron chi connectivity index (χ1n) is 5.86. The summed E-state index contributed by atoms with van der Waals surface area (Å²) >= 11 is 0. The molecule has 19 heavy (non-hydrogen) atoms. The molecule has 0 aliphatic rings. The molecular weight excluding hydrogens is 298 g/mol. The van der Waals surface area contributed by atoms with Gasteiger partial charge in [-0.2, -0.15) is 0 Å². The zero-order valence-electron chi connectivity index (χ0n) is 11.6. The second kappa shape index (κ2) is 7.39. The van der Waals surface area contributed by atoms with Crippen LogP contribution in [0.1, 0.15) is 36.7 Å². The first-order valence-corrected chi connectivity index (χ1v) is 5.86. The molecular formula is C14H18O4Zn. The molecule has 0 unspecified atom stereocenters. The van der Waals surface area contributed by atoms with Crippen LogP contribution in [-0.4, -0.2) is 23.7 Å². The van der Waals surface area contributed by atoms with Crippen LogP contribution in [0.4, 0.5) is 0 Å². The third-order valence-electron chi connectivity index (χ3n) is 2.69. The van der Waals surface area contributed by atoms with Crippen molar-refractivity contribution in [3.63, 3.8) is 0 Å². The molecule has 0 radical (unpaired) electrons. The average Bonchev–Trinajstić information content (AvgIpc) is 2.29. The van der Waals surface area contributed by atoms with Gasteiger partial charge in [-0.05, 0) is 44.9 Å². The summed E-state index contributed by atoms with van der Waals surface area (Å²) in [5.41, 5.74) is 0.551. The fourth-order valence-electron chi connectivity index (χ4n) is 1.56. The Morgan fingerprint density at radius 1 is 1.21 bits per heavy atom. The van der Waals surface area contributed by atoms with Crippen LogP contribution in [-0.2, 0) is 35.4 Å². The molecule has 0 fully saturated rings. The van der Waals surface area contributed by atoms with E-state index in [0.717, 1.165) is 5.56 Å². The van der Waals surface area contributed by atoms with E-state index in [1.54, 1.807) is 45.0 Å². The number of carbonyl (C=O) groups is 2. The van der Waals surface area contributed by atoms with Crippen molar-refractivity contribution in [3.8, 4) is 0 Å². The van der Waals surface area contributed by atoms with E-state index in [2.05, 4.69) is 0 Å². The van der Waals surface area contributed by atoms with Crippen molar-refractivity contribution in [2.24, 2.45) is 5.41 Å². The molecule has 0 amide bonds. The summed E-state index contributed by atoms with van der Waals surface area (Å²) in [6.45, 7) is 5.44. The number of esters is 1. The third-order valence-corrected chi connectivity index (χ3v) is 2.69. The molecule has 0 aromatic heterocycles. The second-order valence-electron chi connectivity index (χ2n) is 4.78. The maximum Gasteiger partial charge on any atom is 0.338 e. The van der Waals surface area contributed by atoms with Gasteiger partial charge in [-0.25, -0.2) is 4.79 Å². The Balaban J connectivity index is 0.00000324. The Kier molecular flexibility index (Phi) is 6.92. The van der Waals surface area contributed by atoms with E-state index in [1.807, 2.05) is 0 Å². The first-order chi connectivity index (χ1) is 8.36. The van der Waals surface area contributed by atoms with Crippen molar-refractivity contribution in [3.05, 3.63) is 35.4 Å². The summed E-state index contributed by atoms with van der Waals surface area (Å²) in [5, 5.41) is 9.04. The second-order valence-corrected chi connectivity index (χ2v) is 4.78. The van der Waals surface area contributed by atoms with Crippen molar-refractivity contribution in [1.82, 2.24) is 0 Å². The van der Waals surface area contributed by atoms with E-state index in [0.29, 0.717) is 18.6 Å². The SMILES string of the molecule is CCOC(=O)c1ccc(CC(C)(C)C(=O)O)cc1.[Zn]. The minimum absolute atomic E-state index is 0. The number of carbonyl (C=O) groups excluding carboxylic acids is 1. The summed E-state index contributed by atoms with van der Waals surface area (Å²) in [6, 6.07) is 6.84. The molecule has 0 saturated carbocycles. The Bertz CT molecular complexity index is 437. The van der Waals surface area contributed by atoms with E-state index in [4.69, 9.17) is 9.84 Å². The van der Waals surface area contributed by atoms with Gasteiger partial charge in [0, 0.05) is 19.5 Å². The molecule has 1 rings (SSSR count). The van der Waals surface area contributed by atoms with Crippen molar-refractivity contribution >= 4 is 11.9 Å². The first kappa shape index (κ1) is 17.8. The molecule has 0 spiro atoms. The molecule has 100 valence electrons. The predicted molar refractivity (Wildman–Crippen MR) is 67.5 cm³/mol. The van der Waals surface area contributed by atoms with Crippen molar-refractivity contribution < 1.29 is 38.9 Å². The zero-order valence-corrected chi connectivity index (χ0v) is 14.6. The summed E-state index contributed by atoms with van der Waals surface area (Å²) in [7, 11) is 0. The number of hydrogen-bond donors (Lipinski definition) is 1. The third kappa shape index (κ3) is 5.11. The molecule has 0 bridgehead atoms. The van der Waals surface area contributed by atoms with Crippen molar-refractivity contribution in [1.29, 1.82) is 0 Å². The molecule has 1 aromatic rings. The van der Waals surface area contributed by atoms with Gasteiger partial charge in [0.25, 0.3) is 0 Å². The minimum atomic E-state index is -0.836. The van der Waals surface area contributed by atoms with Crippen molar-refractivity contribution in [2.75, 3.05) is 6.61 Å². The van der Waals surface area contributed by atoms with Gasteiger partial charge in [0.2, 0.25) is 0 Å². The zero-order chi connectivity index (χ0) is 13.8. The van der Waals surface area contributed by atoms with Crippen LogP contribution in [0.2, 0.25) is 0 Å². The fourth-order valence-corrected chi connectivity index (χ4v) is 1.56. The smallest absolute Gasteiger partial charge is 0.338 e. The topological polar surface area (TPSA) is 63.6 Å². The van der Waals surface area contributed by atoms with Gasteiger partial charge in [-0.1, -0.05) is 12.1 Å². The maximum atomic E-state index is 11.4. The number of benzene rings is 1. The van der Waals surface area contributed by atoms with Gasteiger partial charge < -0.3 is 9.84 Å². The monoisotopic (exact) mass is 314 g/mol. The normalized spacial score (nSPS) is 10.5. The number of aliphatic carboxylic acids is 1. The molecule has 5 heteroatoms. The molecule has 0 aliphatic carbocycles. The van der Waals surface area contributed by atoms with Crippen LogP contribution >= 0.6 is 0 Å². The Morgan fingerprint density at radius 2 is 1.74 bits per heavy atom. The van der Waals surface area contributed by atoms with Gasteiger partial charge in [-0.3, -0.25) is 4.79 Å². The van der Waals surface area contributed by atoms with E-state index in [1.165, 1.54) is 0 Å². The van der Waals surface area contributed by atoms with Crippen LogP contribution < -0.4 is 0 Å². The number of hydrogen-bond acceptors (Lipinski definition) is 3. The van der Waals surface area contributed by atoms with E-state index in [-0.39, 0.29) is 25.4 Å². The van der Waals surface area contributed by atoms with Gasteiger partial charge in [-0.15, -0.1) is 0 Å². The number of carboxylic acids is 1. The van der Waals surface area contributed by atoms with Crippen LogP contribution in [0.5, 0.6) is 0 Å². The van der Waals surface area contributed by atoms with E-state index >= 15 is 0 Å². The van der Waals surface area contributed by atoms with E-state index in [9.17, 15) is 9.59 Å². The summed E-state index contributed by atoms with van der Waals surface area (Å²) in [4.78, 5) is 22.4. The molecule has 1 N–H and O–H groups in total. The Morgan fingerprint density at radius 3 is 2.16 bits per heavy atom. The minimum Gasteiger partial charge on any atom is -0.481 e. The summed E-state index contributed by atoms with van der Waals surface area (Å²) in [6.07, 6.45) is 0.422. The quantitative estimate of drug-likeness (QED) is 0.670. The molecule has 4 nitrogen and oxygen atoms in total. The van der Waals surface area contributed by atoms with Gasteiger partial charge in [0.15, 0.2) is 0 Å². The Labute approximate surface area is 125 Å². The number of carboxylic acid groups (broad SMARTS) is 1. The molecule has 0 aliphatic heterocycles. The van der Waals surface area contributed by atoms with Gasteiger partial charge in [0.05, 0.1) is 17.6 Å². The van der Waals surface area contributed by atoms with Crippen molar-refractivity contribution in [2.45, 2.75) is 27.2 Å². The maximum absolute atomic E-state index is 11.4. The van der Waals surface area contributed by atoms with Crippen LogP contribution in [0.15, 0.2) is 24.3 Å². The van der Waals surface area contributed by atoms with Gasteiger partial charge >= 0.3 is 11.9 Å². The number of ether oxygens (including phenoxy) is 1. The van der Waals surface area contributed by atoms with Crippen LogP contribution in [0, 0.1) is 5.41 Å². The largest absolute Gasteiger partial charge is 0.481 e.